The van der Waals surface area contributed by atoms with E-state index in [0.29, 0.717) is 0 Å². The fourth-order valence-corrected chi connectivity index (χ4v) is 2.85. The lowest BCUT2D eigenvalue weighted by molar-refractivity contribution is -0.121. The number of carbonyl (C=O) groups is 1. The summed E-state index contributed by atoms with van der Waals surface area (Å²) in [6.07, 6.45) is 4.57. The second-order valence-corrected chi connectivity index (χ2v) is 5.62. The van der Waals surface area contributed by atoms with Crippen LogP contribution in [0, 0.1) is 0 Å². The Hall–Kier alpha value is -3.54. The monoisotopic (exact) mass is 329 g/mol. The Kier molecular flexibility index (Phi) is 3.92. The zero-order valence-electron chi connectivity index (χ0n) is 13.3. The molecule has 4 aromatic rings. The average Bonchev–Trinajstić information content (AvgIpc) is 3.14. The molecule has 1 aromatic heterocycles. The summed E-state index contributed by atoms with van der Waals surface area (Å²) < 4.78 is 1.44. The zero-order chi connectivity index (χ0) is 17.1. The Morgan fingerprint density at radius 3 is 2.40 bits per heavy atom. The summed E-state index contributed by atoms with van der Waals surface area (Å²) >= 11 is 0. The minimum absolute atomic E-state index is 0.0770. The SMILES string of the molecule is O=C(Cn1cncn1)N/N=C\c1c2ccccc2cc2ccccc12. The molecule has 0 aliphatic rings. The van der Waals surface area contributed by atoms with E-state index >= 15 is 0 Å². The van der Waals surface area contributed by atoms with Crippen LogP contribution < -0.4 is 5.43 Å². The minimum atomic E-state index is -0.258. The molecule has 0 aliphatic carbocycles. The van der Waals surface area contributed by atoms with Gasteiger partial charge in [0.05, 0.1) is 6.21 Å². The van der Waals surface area contributed by atoms with Crippen molar-refractivity contribution in [3.8, 4) is 0 Å². The summed E-state index contributed by atoms with van der Waals surface area (Å²) in [6, 6.07) is 18.4. The second-order valence-electron chi connectivity index (χ2n) is 5.62. The predicted octanol–water partition coefficient (Wildman–Crippen LogP) is 2.73. The molecule has 3 aromatic carbocycles. The van der Waals surface area contributed by atoms with E-state index in [0.717, 1.165) is 27.1 Å². The van der Waals surface area contributed by atoms with Gasteiger partial charge in [-0.15, -0.1) is 0 Å². The van der Waals surface area contributed by atoms with Crippen LogP contribution in [0.4, 0.5) is 0 Å². The molecule has 1 heterocycles. The van der Waals surface area contributed by atoms with Crippen molar-refractivity contribution < 1.29 is 4.79 Å². The lowest BCUT2D eigenvalue weighted by Crippen LogP contribution is -2.23. The molecular formula is C19H15N5O. The fraction of sp³-hybridized carbons (Fsp3) is 0.0526. The number of hydrogen-bond acceptors (Lipinski definition) is 4. The Morgan fingerprint density at radius 2 is 1.76 bits per heavy atom. The highest BCUT2D eigenvalue weighted by atomic mass is 16.2. The molecule has 4 rings (SSSR count). The van der Waals surface area contributed by atoms with E-state index < -0.39 is 0 Å². The van der Waals surface area contributed by atoms with Crippen LogP contribution >= 0.6 is 0 Å². The summed E-state index contributed by atoms with van der Waals surface area (Å²) in [6.45, 7) is 0.0770. The van der Waals surface area contributed by atoms with E-state index in [1.165, 1.54) is 17.3 Å². The Morgan fingerprint density at radius 1 is 1.08 bits per heavy atom. The van der Waals surface area contributed by atoms with E-state index in [9.17, 15) is 4.79 Å². The topological polar surface area (TPSA) is 72.2 Å². The van der Waals surface area contributed by atoms with Gasteiger partial charge in [-0.2, -0.15) is 10.2 Å². The van der Waals surface area contributed by atoms with E-state index in [1.807, 2.05) is 24.3 Å². The maximum atomic E-state index is 11.9. The van der Waals surface area contributed by atoms with Crippen molar-refractivity contribution in [2.24, 2.45) is 5.10 Å². The average molecular weight is 329 g/mol. The van der Waals surface area contributed by atoms with Crippen molar-refractivity contribution >= 4 is 33.7 Å². The zero-order valence-corrected chi connectivity index (χ0v) is 13.3. The van der Waals surface area contributed by atoms with E-state index in [4.69, 9.17) is 0 Å². The number of fused-ring (bicyclic) bond motifs is 2. The molecule has 0 saturated carbocycles. The maximum absolute atomic E-state index is 11.9. The van der Waals surface area contributed by atoms with Gasteiger partial charge >= 0.3 is 0 Å². The summed E-state index contributed by atoms with van der Waals surface area (Å²) in [4.78, 5) is 15.7. The van der Waals surface area contributed by atoms with Crippen LogP contribution in [-0.4, -0.2) is 26.9 Å². The highest BCUT2D eigenvalue weighted by Crippen LogP contribution is 2.27. The van der Waals surface area contributed by atoms with Crippen LogP contribution in [0.15, 0.2) is 72.4 Å². The molecule has 0 unspecified atom stereocenters. The molecule has 0 fully saturated rings. The molecule has 0 aliphatic heterocycles. The number of carbonyl (C=O) groups excluding carboxylic acids is 1. The molecule has 6 heteroatoms. The normalized spacial score (nSPS) is 11.4. The molecule has 0 atom stereocenters. The van der Waals surface area contributed by atoms with Gasteiger partial charge in [-0.3, -0.25) is 4.79 Å². The van der Waals surface area contributed by atoms with Gasteiger partial charge in [0, 0.05) is 5.56 Å². The fourth-order valence-electron chi connectivity index (χ4n) is 2.85. The number of rotatable bonds is 4. The van der Waals surface area contributed by atoms with Crippen LogP contribution in [0.2, 0.25) is 0 Å². The van der Waals surface area contributed by atoms with Crippen molar-refractivity contribution in [2.45, 2.75) is 6.54 Å². The van der Waals surface area contributed by atoms with Crippen LogP contribution in [0.5, 0.6) is 0 Å². The van der Waals surface area contributed by atoms with Crippen LogP contribution in [0.3, 0.4) is 0 Å². The number of hydrogen-bond donors (Lipinski definition) is 1. The minimum Gasteiger partial charge on any atom is -0.271 e. The third-order valence-corrected chi connectivity index (χ3v) is 3.97. The predicted molar refractivity (Wildman–Crippen MR) is 97.2 cm³/mol. The third-order valence-electron chi connectivity index (χ3n) is 3.97. The second kappa shape index (κ2) is 6.52. The van der Waals surface area contributed by atoms with Gasteiger partial charge in [-0.25, -0.2) is 15.1 Å². The quantitative estimate of drug-likeness (QED) is 0.355. The first-order valence-corrected chi connectivity index (χ1v) is 7.86. The number of benzene rings is 3. The van der Waals surface area contributed by atoms with Gasteiger partial charge in [0.1, 0.15) is 19.2 Å². The largest absolute Gasteiger partial charge is 0.271 e. The smallest absolute Gasteiger partial charge is 0.261 e. The number of amides is 1. The Balaban J connectivity index is 1.66. The van der Waals surface area contributed by atoms with Gasteiger partial charge < -0.3 is 0 Å². The van der Waals surface area contributed by atoms with Gasteiger partial charge in [-0.1, -0.05) is 48.5 Å². The number of nitrogens with zero attached hydrogens (tertiary/aromatic N) is 4. The number of nitrogens with one attached hydrogen (secondary N) is 1. The number of hydrazone groups is 1. The van der Waals surface area contributed by atoms with Crippen LogP contribution in [0.1, 0.15) is 5.56 Å². The van der Waals surface area contributed by atoms with Gasteiger partial charge in [0.15, 0.2) is 0 Å². The molecule has 1 amide bonds. The first kappa shape index (κ1) is 15.0. The van der Waals surface area contributed by atoms with Gasteiger partial charge in [0.2, 0.25) is 0 Å². The van der Waals surface area contributed by atoms with Crippen molar-refractivity contribution in [1.82, 2.24) is 20.2 Å². The molecular weight excluding hydrogens is 314 g/mol. The summed E-state index contributed by atoms with van der Waals surface area (Å²) in [5, 5.41) is 12.5. The highest BCUT2D eigenvalue weighted by molar-refractivity contribution is 6.13. The molecule has 0 radical (unpaired) electrons. The Labute approximate surface area is 143 Å². The number of aromatic nitrogens is 3. The maximum Gasteiger partial charge on any atom is 0.261 e. The molecule has 0 spiro atoms. The van der Waals surface area contributed by atoms with Crippen molar-refractivity contribution in [1.29, 1.82) is 0 Å². The summed E-state index contributed by atoms with van der Waals surface area (Å²) in [5.41, 5.74) is 3.52. The van der Waals surface area contributed by atoms with Crippen molar-refractivity contribution in [3.63, 3.8) is 0 Å². The standard InChI is InChI=1S/C19H15N5O/c25-19(11-24-13-20-12-22-24)23-21-10-18-16-7-3-1-5-14(16)9-15-6-2-4-8-17(15)18/h1-10,12-13H,11H2,(H,23,25)/b21-10-. The first-order chi connectivity index (χ1) is 12.3. The van der Waals surface area contributed by atoms with Crippen molar-refractivity contribution in [2.75, 3.05) is 0 Å². The lowest BCUT2D eigenvalue weighted by Gasteiger charge is -2.08. The van der Waals surface area contributed by atoms with E-state index in [-0.39, 0.29) is 12.5 Å². The van der Waals surface area contributed by atoms with Crippen LogP contribution in [-0.2, 0) is 11.3 Å². The van der Waals surface area contributed by atoms with Gasteiger partial charge in [-0.05, 0) is 27.6 Å². The Bertz CT molecular complexity index is 1020. The molecule has 0 bridgehead atoms. The molecule has 1 N–H and O–H groups in total. The molecule has 0 saturated heterocycles. The first-order valence-electron chi connectivity index (χ1n) is 7.86. The highest BCUT2D eigenvalue weighted by Gasteiger charge is 2.06. The third kappa shape index (κ3) is 3.10. The summed E-state index contributed by atoms with van der Waals surface area (Å²) in [7, 11) is 0. The van der Waals surface area contributed by atoms with Gasteiger partial charge in [0.25, 0.3) is 5.91 Å². The molecule has 6 nitrogen and oxygen atoms in total. The van der Waals surface area contributed by atoms with Crippen molar-refractivity contribution in [3.05, 3.63) is 72.8 Å². The molecule has 122 valence electrons. The summed E-state index contributed by atoms with van der Waals surface area (Å²) in [5.74, 6) is -0.258. The lowest BCUT2D eigenvalue weighted by atomic mass is 9.97. The van der Waals surface area contributed by atoms with Crippen LogP contribution in [0.25, 0.3) is 21.5 Å². The van der Waals surface area contributed by atoms with E-state index in [2.05, 4.69) is 50.9 Å². The molecule has 25 heavy (non-hydrogen) atoms. The van der Waals surface area contributed by atoms with E-state index in [1.54, 1.807) is 6.21 Å².